The molecule has 2 atom stereocenters. The summed E-state index contributed by atoms with van der Waals surface area (Å²) in [6, 6.07) is 14.0. The zero-order valence-corrected chi connectivity index (χ0v) is 13.5. The minimum absolute atomic E-state index is 0.0782. The molecule has 0 saturated heterocycles. The van der Waals surface area contributed by atoms with Crippen LogP contribution in [-0.2, 0) is 14.3 Å². The van der Waals surface area contributed by atoms with E-state index >= 15 is 0 Å². The van der Waals surface area contributed by atoms with E-state index in [1.807, 2.05) is 49.4 Å². The van der Waals surface area contributed by atoms with E-state index in [0.29, 0.717) is 0 Å². The van der Waals surface area contributed by atoms with Gasteiger partial charge in [0, 0.05) is 7.11 Å². The quantitative estimate of drug-likeness (QED) is 0.698. The van der Waals surface area contributed by atoms with Crippen molar-refractivity contribution in [1.82, 2.24) is 0 Å². The zero-order chi connectivity index (χ0) is 15.9. The van der Waals surface area contributed by atoms with E-state index in [9.17, 15) is 4.79 Å². The molecule has 0 spiro atoms. The standard InChI is InChI=1S/C19H24O3/c1-4-5-8-14(2)22-19(20)18(21-3)17-12-11-15-9-6-7-10-16(15)13-17/h6-7,9-14,18H,4-5,8H2,1-3H3/t14-,18+/m1/s1. The first-order valence-corrected chi connectivity index (χ1v) is 7.87. The van der Waals surface area contributed by atoms with Gasteiger partial charge in [0.15, 0.2) is 6.10 Å². The van der Waals surface area contributed by atoms with E-state index < -0.39 is 6.10 Å². The first kappa shape index (κ1) is 16.5. The summed E-state index contributed by atoms with van der Waals surface area (Å²) in [6.07, 6.45) is 2.29. The van der Waals surface area contributed by atoms with Crippen LogP contribution in [-0.4, -0.2) is 19.2 Å². The molecular formula is C19H24O3. The molecule has 118 valence electrons. The Kier molecular flexibility index (Phi) is 5.96. The monoisotopic (exact) mass is 300 g/mol. The Balaban J connectivity index is 2.13. The summed E-state index contributed by atoms with van der Waals surface area (Å²) in [6.45, 7) is 4.06. The minimum Gasteiger partial charge on any atom is -0.460 e. The van der Waals surface area contributed by atoms with Gasteiger partial charge >= 0.3 is 5.97 Å². The molecule has 0 unspecified atom stereocenters. The summed E-state index contributed by atoms with van der Waals surface area (Å²) in [7, 11) is 1.54. The molecule has 2 rings (SSSR count). The molecule has 0 radical (unpaired) electrons. The highest BCUT2D eigenvalue weighted by atomic mass is 16.6. The predicted molar refractivity (Wildman–Crippen MR) is 88.8 cm³/mol. The van der Waals surface area contributed by atoms with Gasteiger partial charge in [0.05, 0.1) is 6.10 Å². The van der Waals surface area contributed by atoms with Crippen LogP contribution in [0.4, 0.5) is 0 Å². The van der Waals surface area contributed by atoms with Crippen molar-refractivity contribution in [3.05, 3.63) is 48.0 Å². The predicted octanol–water partition coefficient (Wildman–Crippen LogP) is 4.65. The number of rotatable bonds is 7. The lowest BCUT2D eigenvalue weighted by molar-refractivity contribution is -0.161. The molecule has 0 heterocycles. The van der Waals surface area contributed by atoms with Gasteiger partial charge in [-0.1, -0.05) is 56.2 Å². The van der Waals surface area contributed by atoms with E-state index in [-0.39, 0.29) is 12.1 Å². The fourth-order valence-corrected chi connectivity index (χ4v) is 2.55. The molecule has 0 aliphatic rings. The Labute approximate surface area is 132 Å². The zero-order valence-electron chi connectivity index (χ0n) is 13.5. The van der Waals surface area contributed by atoms with Crippen molar-refractivity contribution >= 4 is 16.7 Å². The molecule has 3 heteroatoms. The Hall–Kier alpha value is -1.87. The van der Waals surface area contributed by atoms with Gasteiger partial charge in [-0.2, -0.15) is 0 Å². The molecule has 2 aromatic carbocycles. The second kappa shape index (κ2) is 7.95. The van der Waals surface area contributed by atoms with Gasteiger partial charge in [-0.15, -0.1) is 0 Å². The summed E-state index contributed by atoms with van der Waals surface area (Å²) < 4.78 is 10.9. The third-order valence-corrected chi connectivity index (χ3v) is 3.81. The molecule has 0 bridgehead atoms. The first-order chi connectivity index (χ1) is 10.7. The number of hydrogen-bond donors (Lipinski definition) is 0. The van der Waals surface area contributed by atoms with Crippen LogP contribution in [0.1, 0.15) is 44.8 Å². The minimum atomic E-state index is -0.673. The van der Waals surface area contributed by atoms with Crippen molar-refractivity contribution in [2.24, 2.45) is 0 Å². The van der Waals surface area contributed by atoms with Crippen LogP contribution in [0.2, 0.25) is 0 Å². The van der Waals surface area contributed by atoms with Gasteiger partial charge in [-0.25, -0.2) is 4.79 Å². The largest absolute Gasteiger partial charge is 0.460 e. The highest BCUT2D eigenvalue weighted by molar-refractivity contribution is 5.85. The van der Waals surface area contributed by atoms with Crippen LogP contribution in [0, 0.1) is 0 Å². The number of fused-ring (bicyclic) bond motifs is 1. The summed E-state index contributed by atoms with van der Waals surface area (Å²) in [5.74, 6) is -0.318. The fourth-order valence-electron chi connectivity index (χ4n) is 2.55. The molecule has 0 saturated carbocycles. The molecule has 0 aliphatic heterocycles. The molecule has 2 aromatic rings. The van der Waals surface area contributed by atoms with Gasteiger partial charge in [-0.05, 0) is 35.7 Å². The van der Waals surface area contributed by atoms with Crippen LogP contribution in [0.15, 0.2) is 42.5 Å². The highest BCUT2D eigenvalue weighted by Gasteiger charge is 2.23. The van der Waals surface area contributed by atoms with Crippen molar-refractivity contribution in [3.63, 3.8) is 0 Å². The number of methoxy groups -OCH3 is 1. The third-order valence-electron chi connectivity index (χ3n) is 3.81. The van der Waals surface area contributed by atoms with E-state index in [1.54, 1.807) is 0 Å². The number of carbonyl (C=O) groups is 1. The maximum Gasteiger partial charge on any atom is 0.340 e. The van der Waals surface area contributed by atoms with Crippen LogP contribution in [0.3, 0.4) is 0 Å². The van der Waals surface area contributed by atoms with Crippen molar-refractivity contribution in [2.45, 2.75) is 45.3 Å². The first-order valence-electron chi connectivity index (χ1n) is 7.87. The summed E-state index contributed by atoms with van der Waals surface area (Å²) in [5, 5.41) is 2.24. The van der Waals surface area contributed by atoms with Crippen LogP contribution < -0.4 is 0 Å². The Morgan fingerprint density at radius 2 is 1.86 bits per heavy atom. The molecular weight excluding hydrogens is 276 g/mol. The maximum absolute atomic E-state index is 12.3. The summed E-state index contributed by atoms with van der Waals surface area (Å²) >= 11 is 0. The topological polar surface area (TPSA) is 35.5 Å². The lowest BCUT2D eigenvalue weighted by atomic mass is 10.0. The molecule has 0 fully saturated rings. The van der Waals surface area contributed by atoms with Gasteiger partial charge in [0.1, 0.15) is 0 Å². The third kappa shape index (κ3) is 4.08. The molecule has 0 amide bonds. The summed E-state index contributed by atoms with van der Waals surface area (Å²) in [5.41, 5.74) is 0.828. The smallest absolute Gasteiger partial charge is 0.340 e. The number of esters is 1. The van der Waals surface area contributed by atoms with Crippen molar-refractivity contribution in [1.29, 1.82) is 0 Å². The normalized spacial score (nSPS) is 13.8. The molecule has 3 nitrogen and oxygen atoms in total. The Morgan fingerprint density at radius 3 is 2.55 bits per heavy atom. The maximum atomic E-state index is 12.3. The van der Waals surface area contributed by atoms with Crippen LogP contribution >= 0.6 is 0 Å². The lowest BCUT2D eigenvalue weighted by Gasteiger charge is -2.19. The van der Waals surface area contributed by atoms with Gasteiger partial charge < -0.3 is 9.47 Å². The van der Waals surface area contributed by atoms with E-state index in [1.165, 1.54) is 7.11 Å². The van der Waals surface area contributed by atoms with E-state index in [4.69, 9.17) is 9.47 Å². The highest BCUT2D eigenvalue weighted by Crippen LogP contribution is 2.24. The molecule has 0 aliphatic carbocycles. The van der Waals surface area contributed by atoms with Crippen LogP contribution in [0.5, 0.6) is 0 Å². The molecule has 0 aromatic heterocycles. The second-order valence-corrected chi connectivity index (χ2v) is 5.61. The summed E-state index contributed by atoms with van der Waals surface area (Å²) in [4.78, 5) is 12.3. The van der Waals surface area contributed by atoms with Crippen molar-refractivity contribution < 1.29 is 14.3 Å². The SMILES string of the molecule is CCCC[C@@H](C)OC(=O)[C@@H](OC)c1ccc2ccccc2c1. The van der Waals surface area contributed by atoms with Gasteiger partial charge in [-0.3, -0.25) is 0 Å². The number of benzene rings is 2. The molecule has 22 heavy (non-hydrogen) atoms. The Bertz CT molecular complexity index is 621. The number of carbonyl (C=O) groups excluding carboxylic acids is 1. The lowest BCUT2D eigenvalue weighted by Crippen LogP contribution is -2.22. The second-order valence-electron chi connectivity index (χ2n) is 5.61. The van der Waals surface area contributed by atoms with Crippen LogP contribution in [0.25, 0.3) is 10.8 Å². The average molecular weight is 300 g/mol. The number of ether oxygens (including phenoxy) is 2. The number of hydrogen-bond acceptors (Lipinski definition) is 3. The number of unbranched alkanes of at least 4 members (excludes halogenated alkanes) is 1. The van der Waals surface area contributed by atoms with E-state index in [0.717, 1.165) is 35.6 Å². The Morgan fingerprint density at radius 1 is 1.14 bits per heavy atom. The van der Waals surface area contributed by atoms with E-state index in [2.05, 4.69) is 6.92 Å². The fraction of sp³-hybridized carbons (Fsp3) is 0.421. The van der Waals surface area contributed by atoms with Crippen molar-refractivity contribution in [2.75, 3.05) is 7.11 Å². The molecule has 0 N–H and O–H groups in total. The van der Waals surface area contributed by atoms with Gasteiger partial charge in [0.2, 0.25) is 0 Å². The van der Waals surface area contributed by atoms with Gasteiger partial charge in [0.25, 0.3) is 0 Å². The van der Waals surface area contributed by atoms with Crippen molar-refractivity contribution in [3.8, 4) is 0 Å². The average Bonchev–Trinajstić information content (AvgIpc) is 2.53.